The number of aliphatic carboxylic acids is 1. The van der Waals surface area contributed by atoms with Gasteiger partial charge in [-0.15, -0.1) is 0 Å². The van der Waals surface area contributed by atoms with Crippen molar-refractivity contribution in [1.29, 1.82) is 0 Å². The Hall–Kier alpha value is -2.05. The van der Waals surface area contributed by atoms with Crippen LogP contribution in [0.1, 0.15) is 37.3 Å². The molecule has 0 bridgehead atoms. The van der Waals surface area contributed by atoms with Crippen LogP contribution in [0.4, 0.5) is 13.2 Å². The van der Waals surface area contributed by atoms with Gasteiger partial charge in [0.2, 0.25) is 5.91 Å². The maximum atomic E-state index is 12.6. The molecule has 0 spiro atoms. The summed E-state index contributed by atoms with van der Waals surface area (Å²) >= 11 is 0. The number of benzene rings is 1. The fourth-order valence-corrected chi connectivity index (χ4v) is 3.04. The summed E-state index contributed by atoms with van der Waals surface area (Å²) in [5.74, 6) is -1.67. The number of carboxylic acids is 1. The number of amides is 1. The predicted octanol–water partition coefficient (Wildman–Crippen LogP) is 3.35. The number of likely N-dealkylation sites (tertiary alicyclic amines) is 1. The van der Waals surface area contributed by atoms with Crippen molar-refractivity contribution in [2.45, 2.75) is 44.8 Å². The van der Waals surface area contributed by atoms with Crippen molar-refractivity contribution in [2.24, 2.45) is 5.92 Å². The minimum atomic E-state index is -4.39. The first-order valence-electron chi connectivity index (χ1n) is 7.93. The van der Waals surface area contributed by atoms with Gasteiger partial charge in [-0.25, -0.2) is 4.79 Å². The second-order valence-corrected chi connectivity index (χ2v) is 6.03. The van der Waals surface area contributed by atoms with Gasteiger partial charge in [-0.2, -0.15) is 13.2 Å². The largest absolute Gasteiger partial charge is 0.480 e. The number of rotatable bonds is 5. The van der Waals surface area contributed by atoms with E-state index in [1.54, 1.807) is 0 Å². The fourth-order valence-electron chi connectivity index (χ4n) is 3.04. The van der Waals surface area contributed by atoms with E-state index in [-0.39, 0.29) is 5.91 Å². The van der Waals surface area contributed by atoms with Crippen LogP contribution in [0.15, 0.2) is 24.3 Å². The molecule has 1 unspecified atom stereocenters. The van der Waals surface area contributed by atoms with Gasteiger partial charge in [0.25, 0.3) is 0 Å². The molecule has 0 aliphatic carbocycles. The van der Waals surface area contributed by atoms with E-state index in [9.17, 15) is 27.9 Å². The molecule has 1 aromatic rings. The third-order valence-electron chi connectivity index (χ3n) is 4.43. The van der Waals surface area contributed by atoms with E-state index >= 15 is 0 Å². The summed E-state index contributed by atoms with van der Waals surface area (Å²) in [4.78, 5) is 25.2. The zero-order valence-corrected chi connectivity index (χ0v) is 13.3. The lowest BCUT2D eigenvalue weighted by Crippen LogP contribution is -2.43. The molecule has 0 aromatic heterocycles. The highest BCUT2D eigenvalue weighted by Crippen LogP contribution is 2.30. The molecule has 4 nitrogen and oxygen atoms in total. The molecule has 7 heteroatoms. The van der Waals surface area contributed by atoms with Gasteiger partial charge in [0.1, 0.15) is 6.04 Å². The van der Waals surface area contributed by atoms with E-state index in [0.717, 1.165) is 12.1 Å². The lowest BCUT2D eigenvalue weighted by atomic mass is 9.94. The fraction of sp³-hybridized carbons (Fsp3) is 0.529. The Balaban J connectivity index is 2.09. The van der Waals surface area contributed by atoms with Crippen LogP contribution >= 0.6 is 0 Å². The summed E-state index contributed by atoms with van der Waals surface area (Å²) in [7, 11) is 0. The second-order valence-electron chi connectivity index (χ2n) is 6.03. The standard InChI is InChI=1S/C17H20F3NO3/c1-2-12(15(22)21-9-3-4-14(21)16(23)24)10-11-5-7-13(8-6-11)17(18,19)20/h5-8,12,14H,2-4,9-10H2,1H3,(H,23,24)/t12?,14-/m1/s1. The van der Waals surface area contributed by atoms with Crippen molar-refractivity contribution in [3.8, 4) is 0 Å². The molecule has 1 aromatic carbocycles. The first-order chi connectivity index (χ1) is 11.2. The van der Waals surface area contributed by atoms with Gasteiger partial charge < -0.3 is 10.0 Å². The van der Waals surface area contributed by atoms with Crippen molar-refractivity contribution >= 4 is 11.9 Å². The summed E-state index contributed by atoms with van der Waals surface area (Å²) < 4.78 is 37.7. The van der Waals surface area contributed by atoms with Gasteiger partial charge in [-0.1, -0.05) is 19.1 Å². The molecule has 0 radical (unpaired) electrons. The lowest BCUT2D eigenvalue weighted by molar-refractivity contribution is -0.150. The first kappa shape index (κ1) is 18.3. The monoisotopic (exact) mass is 343 g/mol. The molecule has 2 atom stereocenters. The van der Waals surface area contributed by atoms with Crippen molar-refractivity contribution < 1.29 is 27.9 Å². The van der Waals surface area contributed by atoms with Crippen molar-refractivity contribution in [3.05, 3.63) is 35.4 Å². The topological polar surface area (TPSA) is 57.6 Å². The van der Waals surface area contributed by atoms with Crippen LogP contribution in [0.2, 0.25) is 0 Å². The molecule has 24 heavy (non-hydrogen) atoms. The molecule has 0 saturated carbocycles. The summed E-state index contributed by atoms with van der Waals surface area (Å²) in [6.45, 7) is 2.23. The maximum Gasteiger partial charge on any atom is 0.416 e. The van der Waals surface area contributed by atoms with Crippen LogP contribution < -0.4 is 0 Å². The summed E-state index contributed by atoms with van der Waals surface area (Å²) in [5.41, 5.74) is -0.0922. The zero-order valence-electron chi connectivity index (χ0n) is 13.3. The van der Waals surface area contributed by atoms with Crippen LogP contribution in [0, 0.1) is 5.92 Å². The highest BCUT2D eigenvalue weighted by atomic mass is 19.4. The van der Waals surface area contributed by atoms with E-state index in [0.29, 0.717) is 37.8 Å². The minimum Gasteiger partial charge on any atom is -0.480 e. The molecule has 1 N–H and O–H groups in total. The van der Waals surface area contributed by atoms with Crippen LogP contribution in [0.25, 0.3) is 0 Å². The number of hydrogen-bond acceptors (Lipinski definition) is 2. The van der Waals surface area contributed by atoms with Crippen LogP contribution in [-0.4, -0.2) is 34.5 Å². The van der Waals surface area contributed by atoms with Crippen molar-refractivity contribution in [3.63, 3.8) is 0 Å². The average molecular weight is 343 g/mol. The van der Waals surface area contributed by atoms with E-state index in [1.807, 2.05) is 6.92 Å². The Bertz CT molecular complexity index is 598. The number of carbonyl (C=O) groups excluding carboxylic acids is 1. The molecule has 1 fully saturated rings. The number of nitrogens with zero attached hydrogens (tertiary/aromatic N) is 1. The van der Waals surface area contributed by atoms with Crippen LogP contribution in [0.5, 0.6) is 0 Å². The molecule has 132 valence electrons. The highest BCUT2D eigenvalue weighted by molar-refractivity contribution is 5.85. The molecule has 1 aliphatic rings. The van der Waals surface area contributed by atoms with E-state index in [4.69, 9.17) is 0 Å². The SMILES string of the molecule is CCC(Cc1ccc(C(F)(F)F)cc1)C(=O)N1CCC[C@@H]1C(=O)O. The number of carbonyl (C=O) groups is 2. The smallest absolute Gasteiger partial charge is 0.416 e. The van der Waals surface area contributed by atoms with Gasteiger partial charge in [0.05, 0.1) is 5.56 Å². The van der Waals surface area contributed by atoms with Gasteiger partial charge in [-0.05, 0) is 43.4 Å². The van der Waals surface area contributed by atoms with Crippen molar-refractivity contribution in [1.82, 2.24) is 4.90 Å². The molecule has 1 aliphatic heterocycles. The Morgan fingerprint density at radius 1 is 1.29 bits per heavy atom. The maximum absolute atomic E-state index is 12.6. The predicted molar refractivity (Wildman–Crippen MR) is 81.3 cm³/mol. The molecule has 2 rings (SSSR count). The Morgan fingerprint density at radius 3 is 2.42 bits per heavy atom. The Morgan fingerprint density at radius 2 is 1.92 bits per heavy atom. The molecule has 1 amide bonds. The van der Waals surface area contributed by atoms with Crippen molar-refractivity contribution in [2.75, 3.05) is 6.54 Å². The van der Waals surface area contributed by atoms with Crippen LogP contribution in [0.3, 0.4) is 0 Å². The lowest BCUT2D eigenvalue weighted by Gasteiger charge is -2.26. The normalized spacial score (nSPS) is 19.3. The highest BCUT2D eigenvalue weighted by Gasteiger charge is 2.36. The average Bonchev–Trinajstić information content (AvgIpc) is 3.01. The molecule has 1 saturated heterocycles. The van der Waals surface area contributed by atoms with E-state index in [1.165, 1.54) is 17.0 Å². The van der Waals surface area contributed by atoms with E-state index < -0.39 is 29.7 Å². The Kier molecular flexibility index (Phi) is 5.51. The number of alkyl halides is 3. The van der Waals surface area contributed by atoms with Gasteiger partial charge in [-0.3, -0.25) is 4.79 Å². The van der Waals surface area contributed by atoms with Gasteiger partial charge >= 0.3 is 12.1 Å². The summed E-state index contributed by atoms with van der Waals surface area (Å²) in [6.07, 6.45) is -2.49. The van der Waals surface area contributed by atoms with Gasteiger partial charge in [0.15, 0.2) is 0 Å². The van der Waals surface area contributed by atoms with Crippen LogP contribution in [-0.2, 0) is 22.2 Å². The number of halogens is 3. The first-order valence-corrected chi connectivity index (χ1v) is 7.93. The number of hydrogen-bond donors (Lipinski definition) is 1. The zero-order chi connectivity index (χ0) is 17.9. The minimum absolute atomic E-state index is 0.234. The third kappa shape index (κ3) is 4.07. The number of carboxylic acid groups (broad SMARTS) is 1. The molecular formula is C17H20F3NO3. The third-order valence-corrected chi connectivity index (χ3v) is 4.43. The second kappa shape index (κ2) is 7.23. The Labute approximate surface area is 138 Å². The molecule has 1 heterocycles. The molecular weight excluding hydrogens is 323 g/mol. The van der Waals surface area contributed by atoms with E-state index in [2.05, 4.69) is 0 Å². The summed E-state index contributed by atoms with van der Waals surface area (Å²) in [5, 5.41) is 9.18. The summed E-state index contributed by atoms with van der Waals surface area (Å²) in [6, 6.07) is 3.96. The van der Waals surface area contributed by atoms with Gasteiger partial charge in [0, 0.05) is 12.5 Å². The quantitative estimate of drug-likeness (QED) is 0.892.